The number of carbonyl (C=O) groups excluding carboxylic acids is 2. The van der Waals surface area contributed by atoms with Crippen molar-refractivity contribution in [3.63, 3.8) is 0 Å². The van der Waals surface area contributed by atoms with Gasteiger partial charge in [-0.05, 0) is 25.3 Å². The van der Waals surface area contributed by atoms with E-state index < -0.39 is 0 Å². The van der Waals surface area contributed by atoms with E-state index >= 15 is 0 Å². The van der Waals surface area contributed by atoms with Crippen LogP contribution in [0.2, 0.25) is 0 Å². The van der Waals surface area contributed by atoms with E-state index in [1.165, 1.54) is 4.90 Å². The Morgan fingerprint density at radius 2 is 2.24 bits per heavy atom. The van der Waals surface area contributed by atoms with Crippen LogP contribution in [0, 0.1) is 5.92 Å². The molecule has 0 aromatic rings. The van der Waals surface area contributed by atoms with E-state index in [0.717, 1.165) is 19.4 Å². The standard InChI is InChI=1S/C12H20N2O3/c1-9-4-6-13(7-10(9)15)8-12(17)14-5-2-3-11(14)16/h9-10,15H,2-8H2,1H3. The highest BCUT2D eigenvalue weighted by molar-refractivity contribution is 5.97. The fraction of sp³-hybridized carbons (Fsp3) is 0.833. The topological polar surface area (TPSA) is 60.9 Å². The Balaban J connectivity index is 1.84. The van der Waals surface area contributed by atoms with Crippen molar-refractivity contribution >= 4 is 11.8 Å². The second-order valence-electron chi connectivity index (χ2n) is 5.11. The zero-order valence-electron chi connectivity index (χ0n) is 10.3. The first-order valence-corrected chi connectivity index (χ1v) is 6.31. The Bertz CT molecular complexity index is 319. The van der Waals surface area contributed by atoms with Gasteiger partial charge in [0.05, 0.1) is 12.6 Å². The summed E-state index contributed by atoms with van der Waals surface area (Å²) in [6.07, 6.45) is 1.82. The fourth-order valence-electron chi connectivity index (χ4n) is 2.45. The molecule has 0 aromatic carbocycles. The van der Waals surface area contributed by atoms with Gasteiger partial charge >= 0.3 is 0 Å². The third-order valence-electron chi connectivity index (χ3n) is 3.74. The van der Waals surface area contributed by atoms with Crippen LogP contribution < -0.4 is 0 Å². The zero-order valence-corrected chi connectivity index (χ0v) is 10.3. The van der Waals surface area contributed by atoms with Gasteiger partial charge in [-0.3, -0.25) is 19.4 Å². The van der Waals surface area contributed by atoms with E-state index in [-0.39, 0.29) is 24.5 Å². The predicted octanol–water partition coefficient (Wildman–Crippen LogP) is -0.162. The molecule has 5 heteroatoms. The van der Waals surface area contributed by atoms with Crippen LogP contribution in [0.5, 0.6) is 0 Å². The molecule has 2 unspecified atom stereocenters. The van der Waals surface area contributed by atoms with Gasteiger partial charge in [-0.15, -0.1) is 0 Å². The molecule has 0 aliphatic carbocycles. The number of β-amino-alcohol motifs (C(OH)–C–C–N with tert-alkyl or cyclic N) is 1. The van der Waals surface area contributed by atoms with E-state index in [9.17, 15) is 14.7 Å². The van der Waals surface area contributed by atoms with Crippen molar-refractivity contribution in [3.8, 4) is 0 Å². The Morgan fingerprint density at radius 1 is 1.47 bits per heavy atom. The Kier molecular flexibility index (Phi) is 3.79. The number of amides is 2. The van der Waals surface area contributed by atoms with Crippen LogP contribution in [0.15, 0.2) is 0 Å². The quantitative estimate of drug-likeness (QED) is 0.728. The van der Waals surface area contributed by atoms with E-state index in [4.69, 9.17) is 0 Å². The average molecular weight is 240 g/mol. The van der Waals surface area contributed by atoms with E-state index in [1.54, 1.807) is 0 Å². The summed E-state index contributed by atoms with van der Waals surface area (Å²) in [5.41, 5.74) is 0. The molecule has 5 nitrogen and oxygen atoms in total. The van der Waals surface area contributed by atoms with Crippen LogP contribution in [0.3, 0.4) is 0 Å². The highest BCUT2D eigenvalue weighted by atomic mass is 16.3. The summed E-state index contributed by atoms with van der Waals surface area (Å²) < 4.78 is 0. The van der Waals surface area contributed by atoms with Gasteiger partial charge in [0.1, 0.15) is 0 Å². The molecule has 2 saturated heterocycles. The van der Waals surface area contributed by atoms with Gasteiger partial charge in [0, 0.05) is 19.5 Å². The van der Waals surface area contributed by atoms with Gasteiger partial charge in [0.25, 0.3) is 0 Å². The summed E-state index contributed by atoms with van der Waals surface area (Å²) in [6.45, 7) is 4.20. The average Bonchev–Trinajstić information content (AvgIpc) is 2.70. The van der Waals surface area contributed by atoms with Crippen molar-refractivity contribution in [2.75, 3.05) is 26.2 Å². The van der Waals surface area contributed by atoms with Gasteiger partial charge in [-0.2, -0.15) is 0 Å². The van der Waals surface area contributed by atoms with Crippen molar-refractivity contribution in [1.82, 2.24) is 9.80 Å². The number of likely N-dealkylation sites (tertiary alicyclic amines) is 2. The first-order chi connectivity index (χ1) is 8.08. The lowest BCUT2D eigenvalue weighted by atomic mass is 9.96. The van der Waals surface area contributed by atoms with Gasteiger partial charge in [0.2, 0.25) is 11.8 Å². The molecule has 2 aliphatic rings. The first-order valence-electron chi connectivity index (χ1n) is 6.31. The summed E-state index contributed by atoms with van der Waals surface area (Å²) in [5, 5.41) is 9.74. The van der Waals surface area contributed by atoms with Gasteiger partial charge in [0.15, 0.2) is 0 Å². The minimum Gasteiger partial charge on any atom is -0.392 e. The summed E-state index contributed by atoms with van der Waals surface area (Å²) in [6, 6.07) is 0. The van der Waals surface area contributed by atoms with Crippen molar-refractivity contribution in [3.05, 3.63) is 0 Å². The van der Waals surface area contributed by atoms with Crippen molar-refractivity contribution in [2.45, 2.75) is 32.3 Å². The van der Waals surface area contributed by atoms with E-state index in [2.05, 4.69) is 0 Å². The van der Waals surface area contributed by atoms with Crippen molar-refractivity contribution in [2.24, 2.45) is 5.92 Å². The molecule has 0 spiro atoms. The minimum atomic E-state index is -0.356. The number of nitrogens with zero attached hydrogens (tertiary/aromatic N) is 2. The summed E-state index contributed by atoms with van der Waals surface area (Å²) >= 11 is 0. The molecule has 2 atom stereocenters. The molecule has 0 aromatic heterocycles. The van der Waals surface area contributed by atoms with E-state index in [1.807, 2.05) is 11.8 Å². The first kappa shape index (κ1) is 12.5. The summed E-state index contributed by atoms with van der Waals surface area (Å²) in [5.74, 6) is 0.130. The Labute approximate surface area is 101 Å². The third-order valence-corrected chi connectivity index (χ3v) is 3.74. The lowest BCUT2D eigenvalue weighted by molar-refractivity contribution is -0.143. The molecule has 96 valence electrons. The minimum absolute atomic E-state index is 0.0547. The monoisotopic (exact) mass is 240 g/mol. The maximum absolute atomic E-state index is 11.9. The molecule has 0 saturated carbocycles. The van der Waals surface area contributed by atoms with Crippen LogP contribution >= 0.6 is 0 Å². The van der Waals surface area contributed by atoms with Crippen molar-refractivity contribution < 1.29 is 14.7 Å². The number of hydrogen-bond donors (Lipinski definition) is 1. The highest BCUT2D eigenvalue weighted by Gasteiger charge is 2.30. The maximum Gasteiger partial charge on any atom is 0.243 e. The largest absolute Gasteiger partial charge is 0.392 e. The Morgan fingerprint density at radius 3 is 2.82 bits per heavy atom. The summed E-state index contributed by atoms with van der Waals surface area (Å²) in [4.78, 5) is 26.6. The van der Waals surface area contributed by atoms with Gasteiger partial charge in [-0.1, -0.05) is 6.92 Å². The molecule has 1 N–H and O–H groups in total. The molecule has 17 heavy (non-hydrogen) atoms. The molecule has 2 aliphatic heterocycles. The number of piperidine rings is 1. The maximum atomic E-state index is 11.9. The molecular weight excluding hydrogens is 220 g/mol. The smallest absolute Gasteiger partial charge is 0.243 e. The van der Waals surface area contributed by atoms with Crippen LogP contribution in [-0.4, -0.2) is 59.0 Å². The second-order valence-corrected chi connectivity index (χ2v) is 5.11. The normalized spacial score (nSPS) is 30.9. The number of aliphatic hydroxyl groups excluding tert-OH is 1. The van der Waals surface area contributed by atoms with Crippen LogP contribution in [0.25, 0.3) is 0 Å². The zero-order chi connectivity index (χ0) is 12.4. The molecular formula is C12H20N2O3. The molecule has 2 rings (SSSR count). The van der Waals surface area contributed by atoms with Crippen molar-refractivity contribution in [1.29, 1.82) is 0 Å². The number of aliphatic hydroxyl groups is 1. The molecule has 2 amide bonds. The molecule has 0 radical (unpaired) electrons. The summed E-state index contributed by atoms with van der Waals surface area (Å²) in [7, 11) is 0. The van der Waals surface area contributed by atoms with Gasteiger partial charge < -0.3 is 5.11 Å². The molecule has 0 bridgehead atoms. The van der Waals surface area contributed by atoms with Crippen LogP contribution in [0.4, 0.5) is 0 Å². The van der Waals surface area contributed by atoms with Crippen LogP contribution in [0.1, 0.15) is 26.2 Å². The predicted molar refractivity (Wildman–Crippen MR) is 62.2 cm³/mol. The number of carbonyl (C=O) groups is 2. The molecule has 2 heterocycles. The number of hydrogen-bond acceptors (Lipinski definition) is 4. The second kappa shape index (κ2) is 5.14. The van der Waals surface area contributed by atoms with Gasteiger partial charge in [-0.25, -0.2) is 0 Å². The number of imide groups is 1. The fourth-order valence-corrected chi connectivity index (χ4v) is 2.45. The van der Waals surface area contributed by atoms with E-state index in [0.29, 0.717) is 25.4 Å². The number of rotatable bonds is 2. The lowest BCUT2D eigenvalue weighted by Crippen LogP contribution is -2.48. The molecule has 2 fully saturated rings. The SMILES string of the molecule is CC1CCN(CC(=O)N2CCCC2=O)CC1O. The lowest BCUT2D eigenvalue weighted by Gasteiger charge is -2.34. The third kappa shape index (κ3) is 2.84. The Hall–Kier alpha value is -0.940. The highest BCUT2D eigenvalue weighted by Crippen LogP contribution is 2.17. The van der Waals surface area contributed by atoms with Crippen LogP contribution in [-0.2, 0) is 9.59 Å².